The van der Waals surface area contributed by atoms with E-state index in [1.165, 1.54) is 0 Å². The summed E-state index contributed by atoms with van der Waals surface area (Å²) in [6.45, 7) is 0. The first-order valence-corrected chi connectivity index (χ1v) is 6.62. The molecular formula is C16H18N3O+. The SMILES string of the molecule is CN(C)c1ccc(C(O)c2cnc3c(c2)C=C[NH2+]3)cc1. The summed E-state index contributed by atoms with van der Waals surface area (Å²) in [5.74, 6) is 0.962. The van der Waals surface area contributed by atoms with Crippen LogP contribution < -0.4 is 10.2 Å². The lowest BCUT2D eigenvalue weighted by Crippen LogP contribution is -2.70. The van der Waals surface area contributed by atoms with Crippen molar-refractivity contribution in [2.45, 2.75) is 6.10 Å². The minimum absolute atomic E-state index is 0.641. The molecule has 102 valence electrons. The molecule has 3 N–H and O–H groups in total. The van der Waals surface area contributed by atoms with Gasteiger partial charge in [-0.2, -0.15) is 0 Å². The van der Waals surface area contributed by atoms with Gasteiger partial charge in [0.15, 0.2) is 0 Å². The Kier molecular flexibility index (Phi) is 3.26. The summed E-state index contributed by atoms with van der Waals surface area (Å²) in [6.07, 6.45) is 5.08. The van der Waals surface area contributed by atoms with Gasteiger partial charge >= 0.3 is 0 Å². The lowest BCUT2D eigenvalue weighted by molar-refractivity contribution is -0.495. The molecule has 1 atom stereocenters. The van der Waals surface area contributed by atoms with Crippen molar-refractivity contribution in [2.75, 3.05) is 19.0 Å². The number of pyridine rings is 1. The second-order valence-corrected chi connectivity index (χ2v) is 5.16. The number of hydrogen-bond donors (Lipinski definition) is 2. The van der Waals surface area contributed by atoms with E-state index >= 15 is 0 Å². The van der Waals surface area contributed by atoms with Crippen molar-refractivity contribution in [3.05, 3.63) is 59.4 Å². The normalized spacial score (nSPS) is 14.2. The number of fused-ring (bicyclic) bond motifs is 1. The maximum Gasteiger partial charge on any atom is 0.236 e. The van der Waals surface area contributed by atoms with Crippen LogP contribution in [0.25, 0.3) is 6.08 Å². The fourth-order valence-corrected chi connectivity index (χ4v) is 2.32. The molecule has 0 spiro atoms. The maximum atomic E-state index is 10.5. The molecule has 0 aliphatic carbocycles. The molecule has 0 saturated carbocycles. The number of aliphatic hydroxyl groups excluding tert-OH is 1. The molecule has 1 unspecified atom stereocenters. The van der Waals surface area contributed by atoms with Gasteiger partial charge in [-0.25, -0.2) is 4.98 Å². The Labute approximate surface area is 118 Å². The predicted octanol–water partition coefficient (Wildman–Crippen LogP) is 1.41. The fourth-order valence-electron chi connectivity index (χ4n) is 2.32. The predicted molar refractivity (Wildman–Crippen MR) is 79.7 cm³/mol. The maximum absolute atomic E-state index is 10.5. The van der Waals surface area contributed by atoms with Crippen LogP contribution in [0.15, 0.2) is 42.7 Å². The molecule has 1 aliphatic rings. The largest absolute Gasteiger partial charge is 0.384 e. The molecule has 4 nitrogen and oxygen atoms in total. The van der Waals surface area contributed by atoms with Crippen LogP contribution in [0, 0.1) is 0 Å². The van der Waals surface area contributed by atoms with Gasteiger partial charge in [0.25, 0.3) is 0 Å². The van der Waals surface area contributed by atoms with E-state index in [9.17, 15) is 5.11 Å². The first-order valence-electron chi connectivity index (χ1n) is 6.62. The minimum atomic E-state index is -0.641. The summed E-state index contributed by atoms with van der Waals surface area (Å²) in [7, 11) is 4.00. The van der Waals surface area contributed by atoms with Crippen molar-refractivity contribution in [1.82, 2.24) is 4.98 Å². The fraction of sp³-hybridized carbons (Fsp3) is 0.188. The zero-order valence-electron chi connectivity index (χ0n) is 11.6. The van der Waals surface area contributed by atoms with E-state index < -0.39 is 6.10 Å². The van der Waals surface area contributed by atoms with Gasteiger partial charge in [0.05, 0.1) is 11.8 Å². The molecular weight excluding hydrogens is 250 g/mol. The van der Waals surface area contributed by atoms with Crippen LogP contribution in [0.2, 0.25) is 0 Å². The van der Waals surface area contributed by atoms with E-state index in [0.29, 0.717) is 0 Å². The van der Waals surface area contributed by atoms with E-state index in [2.05, 4.69) is 4.98 Å². The van der Waals surface area contributed by atoms with Crippen molar-refractivity contribution in [3.63, 3.8) is 0 Å². The molecule has 1 aromatic heterocycles. The van der Waals surface area contributed by atoms with Gasteiger partial charge in [-0.1, -0.05) is 12.1 Å². The van der Waals surface area contributed by atoms with Crippen LogP contribution in [-0.4, -0.2) is 24.2 Å². The summed E-state index contributed by atoms with van der Waals surface area (Å²) in [5.41, 5.74) is 3.88. The molecule has 0 radical (unpaired) electrons. The Bertz CT molecular complexity index is 647. The van der Waals surface area contributed by atoms with Gasteiger partial charge < -0.3 is 10.0 Å². The Morgan fingerprint density at radius 1 is 1.15 bits per heavy atom. The number of anilines is 1. The molecule has 0 fully saturated rings. The van der Waals surface area contributed by atoms with Crippen molar-refractivity contribution < 1.29 is 10.4 Å². The van der Waals surface area contributed by atoms with E-state index in [4.69, 9.17) is 0 Å². The molecule has 1 aliphatic heterocycles. The molecule has 1 aromatic carbocycles. The monoisotopic (exact) mass is 268 g/mol. The third kappa shape index (κ3) is 2.31. The van der Waals surface area contributed by atoms with E-state index in [1.54, 1.807) is 6.20 Å². The van der Waals surface area contributed by atoms with Gasteiger partial charge in [-0.15, -0.1) is 0 Å². The summed E-state index contributed by atoms with van der Waals surface area (Å²) >= 11 is 0. The highest BCUT2D eigenvalue weighted by atomic mass is 16.3. The van der Waals surface area contributed by atoms with Crippen molar-refractivity contribution >= 4 is 17.6 Å². The molecule has 20 heavy (non-hydrogen) atoms. The van der Waals surface area contributed by atoms with Crippen LogP contribution in [0.3, 0.4) is 0 Å². The number of rotatable bonds is 3. The summed E-state index contributed by atoms with van der Waals surface area (Å²) in [5, 5.41) is 12.4. The number of aliphatic hydroxyl groups is 1. The second-order valence-electron chi connectivity index (χ2n) is 5.16. The molecule has 3 rings (SSSR count). The average Bonchev–Trinajstić information content (AvgIpc) is 2.94. The van der Waals surface area contributed by atoms with E-state index in [0.717, 1.165) is 28.2 Å². The third-order valence-corrected chi connectivity index (χ3v) is 3.54. The molecule has 0 bridgehead atoms. The number of benzene rings is 1. The number of quaternary nitrogens is 1. The number of hydrogen-bond acceptors (Lipinski definition) is 3. The topological polar surface area (TPSA) is 53.0 Å². The zero-order chi connectivity index (χ0) is 14.1. The van der Waals surface area contributed by atoms with Crippen LogP contribution in [0.1, 0.15) is 22.8 Å². The quantitative estimate of drug-likeness (QED) is 0.885. The van der Waals surface area contributed by atoms with Gasteiger partial charge in [0.2, 0.25) is 5.82 Å². The molecule has 2 aromatic rings. The lowest BCUT2D eigenvalue weighted by atomic mass is 10.0. The highest BCUT2D eigenvalue weighted by Gasteiger charge is 2.16. The minimum Gasteiger partial charge on any atom is -0.384 e. The molecule has 0 saturated heterocycles. The smallest absolute Gasteiger partial charge is 0.236 e. The standard InChI is InChI=1S/C16H17N3O/c1-19(2)14-5-3-11(4-6-14)15(20)13-9-12-7-8-17-16(12)18-10-13/h3-10,15,20H,1-2H3,(H,17,18)/p+1. The molecule has 2 heterocycles. The van der Waals surface area contributed by atoms with E-state index in [-0.39, 0.29) is 0 Å². The van der Waals surface area contributed by atoms with Crippen molar-refractivity contribution in [1.29, 1.82) is 0 Å². The lowest BCUT2D eigenvalue weighted by Gasteiger charge is -2.15. The number of aromatic nitrogens is 1. The van der Waals surface area contributed by atoms with Crippen molar-refractivity contribution in [2.24, 2.45) is 0 Å². The second kappa shape index (κ2) is 5.07. The molecule has 0 amide bonds. The first kappa shape index (κ1) is 12.8. The zero-order valence-corrected chi connectivity index (χ0v) is 11.6. The summed E-state index contributed by atoms with van der Waals surface area (Å²) < 4.78 is 0. The summed E-state index contributed by atoms with van der Waals surface area (Å²) in [4.78, 5) is 6.40. The van der Waals surface area contributed by atoms with Crippen molar-refractivity contribution in [3.8, 4) is 0 Å². The van der Waals surface area contributed by atoms with Crippen LogP contribution in [0.5, 0.6) is 0 Å². The number of nitrogens with two attached hydrogens (primary N) is 1. The van der Waals surface area contributed by atoms with Gasteiger partial charge in [-0.3, -0.25) is 5.32 Å². The highest BCUT2D eigenvalue weighted by molar-refractivity contribution is 5.61. The Hall–Kier alpha value is -2.17. The Morgan fingerprint density at radius 3 is 2.60 bits per heavy atom. The average molecular weight is 268 g/mol. The Morgan fingerprint density at radius 2 is 1.90 bits per heavy atom. The highest BCUT2D eigenvalue weighted by Crippen LogP contribution is 2.26. The van der Waals surface area contributed by atoms with E-state index in [1.807, 2.05) is 66.9 Å². The Balaban J connectivity index is 1.88. The van der Waals surface area contributed by atoms with Gasteiger partial charge in [0, 0.05) is 37.6 Å². The summed E-state index contributed by atoms with van der Waals surface area (Å²) in [6, 6.07) is 9.91. The number of nitrogens with zero attached hydrogens (tertiary/aromatic N) is 2. The first-order chi connectivity index (χ1) is 9.65. The molecule has 4 heteroatoms. The third-order valence-electron chi connectivity index (χ3n) is 3.54. The van der Waals surface area contributed by atoms with Crippen LogP contribution in [-0.2, 0) is 0 Å². The van der Waals surface area contributed by atoms with Gasteiger partial charge in [-0.05, 0) is 23.8 Å². The van der Waals surface area contributed by atoms with Crippen LogP contribution >= 0.6 is 0 Å². The van der Waals surface area contributed by atoms with Crippen LogP contribution in [0.4, 0.5) is 11.5 Å². The van der Waals surface area contributed by atoms with Gasteiger partial charge in [0.1, 0.15) is 6.10 Å².